The summed E-state index contributed by atoms with van der Waals surface area (Å²) in [7, 11) is -3.89. The van der Waals surface area contributed by atoms with E-state index < -0.39 is 15.8 Å². The van der Waals surface area contributed by atoms with Crippen LogP contribution in [0.1, 0.15) is 0 Å². The van der Waals surface area contributed by atoms with Gasteiger partial charge in [-0.25, -0.2) is 27.5 Å². The summed E-state index contributed by atoms with van der Waals surface area (Å²) in [4.78, 5) is 7.35. The normalized spacial score (nSPS) is 11.4. The number of anilines is 1. The molecule has 0 radical (unpaired) electrons. The summed E-state index contributed by atoms with van der Waals surface area (Å²) in [5, 5.41) is 3.99. The van der Waals surface area contributed by atoms with Crippen molar-refractivity contribution in [1.29, 1.82) is 0 Å². The van der Waals surface area contributed by atoms with E-state index in [0.717, 1.165) is 12.3 Å². The quantitative estimate of drug-likeness (QED) is 0.726. The fourth-order valence-electron chi connectivity index (χ4n) is 1.82. The number of hydrogen-bond acceptors (Lipinski definition) is 5. The minimum atomic E-state index is -3.89. The lowest BCUT2D eigenvalue weighted by atomic mass is 10.3. The highest BCUT2D eigenvalue weighted by molar-refractivity contribution is 7.92. The van der Waals surface area contributed by atoms with Crippen molar-refractivity contribution in [2.45, 2.75) is 4.90 Å². The number of nitrogens with one attached hydrogen (secondary N) is 1. The van der Waals surface area contributed by atoms with Gasteiger partial charge < -0.3 is 0 Å². The van der Waals surface area contributed by atoms with Crippen LogP contribution in [0.3, 0.4) is 0 Å². The summed E-state index contributed by atoms with van der Waals surface area (Å²) >= 11 is 5.62. The van der Waals surface area contributed by atoms with E-state index in [2.05, 4.69) is 19.8 Å². The lowest BCUT2D eigenvalue weighted by molar-refractivity contribution is 0.600. The zero-order valence-electron chi connectivity index (χ0n) is 11.4. The predicted molar refractivity (Wildman–Crippen MR) is 81.4 cm³/mol. The van der Waals surface area contributed by atoms with E-state index in [1.54, 1.807) is 0 Å². The molecule has 7 nitrogen and oxygen atoms in total. The first-order valence-electron chi connectivity index (χ1n) is 6.25. The van der Waals surface area contributed by atoms with Gasteiger partial charge >= 0.3 is 0 Å². The van der Waals surface area contributed by atoms with E-state index >= 15 is 0 Å². The number of rotatable bonds is 4. The van der Waals surface area contributed by atoms with Crippen molar-refractivity contribution in [2.75, 3.05) is 4.72 Å². The number of nitrogens with zero attached hydrogens (tertiary/aromatic N) is 4. The number of halogens is 2. The van der Waals surface area contributed by atoms with E-state index in [0.29, 0.717) is 0 Å². The molecule has 0 atom stereocenters. The Morgan fingerprint density at radius 2 is 2.04 bits per heavy atom. The summed E-state index contributed by atoms with van der Waals surface area (Å²) in [5.41, 5.74) is 0.222. The number of hydrogen-bond donors (Lipinski definition) is 1. The van der Waals surface area contributed by atoms with Crippen LogP contribution in [0, 0.1) is 5.82 Å². The average molecular weight is 354 g/mol. The van der Waals surface area contributed by atoms with Gasteiger partial charge in [-0.3, -0.25) is 4.72 Å². The molecule has 2 heterocycles. The molecule has 3 rings (SSSR count). The number of benzene rings is 1. The molecule has 23 heavy (non-hydrogen) atoms. The molecular formula is C13H9ClFN5O2S. The Labute approximate surface area is 135 Å². The van der Waals surface area contributed by atoms with Crippen molar-refractivity contribution >= 4 is 27.3 Å². The largest absolute Gasteiger partial charge is 0.279 e. The van der Waals surface area contributed by atoms with E-state index in [9.17, 15) is 12.8 Å². The molecule has 0 bridgehead atoms. The van der Waals surface area contributed by atoms with Crippen LogP contribution in [0.5, 0.6) is 0 Å². The number of pyridine rings is 1. The van der Waals surface area contributed by atoms with Crippen LogP contribution in [0.25, 0.3) is 5.69 Å². The van der Waals surface area contributed by atoms with Gasteiger partial charge in [-0.2, -0.15) is 5.10 Å². The molecule has 0 aliphatic rings. The summed E-state index contributed by atoms with van der Waals surface area (Å²) < 4.78 is 42.0. The Hall–Kier alpha value is -2.52. The van der Waals surface area contributed by atoms with Gasteiger partial charge in [0.15, 0.2) is 5.82 Å². The highest BCUT2D eigenvalue weighted by Crippen LogP contribution is 2.20. The standard InChI is InChI=1S/C13H9ClFN5O2S/c14-13-4-2-10(6-17-13)23(21,22)19-9-1-3-12(11(15)5-9)20-8-16-7-18-20/h1-8,19H. The van der Waals surface area contributed by atoms with Gasteiger partial charge in [0.05, 0.1) is 5.69 Å². The van der Waals surface area contributed by atoms with Crippen LogP contribution in [0.4, 0.5) is 10.1 Å². The molecule has 0 amide bonds. The van der Waals surface area contributed by atoms with E-state index in [1.165, 1.54) is 41.6 Å². The van der Waals surface area contributed by atoms with Gasteiger partial charge in [0.1, 0.15) is 28.4 Å². The second-order valence-electron chi connectivity index (χ2n) is 4.43. The molecule has 0 unspecified atom stereocenters. The lowest BCUT2D eigenvalue weighted by Crippen LogP contribution is -2.13. The molecule has 3 aromatic rings. The van der Waals surface area contributed by atoms with Crippen molar-refractivity contribution in [2.24, 2.45) is 0 Å². The van der Waals surface area contributed by atoms with Crippen LogP contribution in [-0.2, 0) is 10.0 Å². The molecule has 0 aliphatic carbocycles. The minimum absolute atomic E-state index is 0.0707. The van der Waals surface area contributed by atoms with Gasteiger partial charge in [-0.15, -0.1) is 0 Å². The van der Waals surface area contributed by atoms with Crippen molar-refractivity contribution in [3.05, 3.63) is 60.2 Å². The van der Waals surface area contributed by atoms with Crippen molar-refractivity contribution in [3.63, 3.8) is 0 Å². The molecular weight excluding hydrogens is 345 g/mol. The third-order valence-corrected chi connectivity index (χ3v) is 4.47. The zero-order chi connectivity index (χ0) is 16.4. The molecule has 0 aliphatic heterocycles. The molecule has 0 saturated heterocycles. The fraction of sp³-hybridized carbons (Fsp3) is 0. The Balaban J connectivity index is 1.88. The van der Waals surface area contributed by atoms with Gasteiger partial charge in [0, 0.05) is 12.3 Å². The van der Waals surface area contributed by atoms with Gasteiger partial charge in [-0.1, -0.05) is 11.6 Å². The highest BCUT2D eigenvalue weighted by Gasteiger charge is 2.16. The molecule has 2 aromatic heterocycles. The summed E-state index contributed by atoms with van der Waals surface area (Å²) in [6.07, 6.45) is 3.72. The summed E-state index contributed by atoms with van der Waals surface area (Å²) in [5.74, 6) is -0.648. The Bertz CT molecular complexity index is 930. The smallest absolute Gasteiger partial charge is 0.263 e. The highest BCUT2D eigenvalue weighted by atomic mass is 35.5. The van der Waals surface area contributed by atoms with Gasteiger partial charge in [0.2, 0.25) is 0 Å². The van der Waals surface area contributed by atoms with Gasteiger partial charge in [-0.05, 0) is 24.3 Å². The van der Waals surface area contributed by atoms with Crippen LogP contribution in [0.15, 0.2) is 54.1 Å². The molecule has 0 spiro atoms. The number of aromatic nitrogens is 4. The first-order chi connectivity index (χ1) is 11.0. The maximum absolute atomic E-state index is 14.1. The second kappa shape index (κ2) is 5.94. The predicted octanol–water partition coefficient (Wildman–Crippen LogP) is 2.26. The first kappa shape index (κ1) is 15.4. The molecule has 118 valence electrons. The van der Waals surface area contributed by atoms with Crippen LogP contribution < -0.4 is 4.72 Å². The third-order valence-electron chi connectivity index (χ3n) is 2.88. The first-order valence-corrected chi connectivity index (χ1v) is 8.11. The Morgan fingerprint density at radius 3 is 2.65 bits per heavy atom. The maximum Gasteiger partial charge on any atom is 0.263 e. The van der Waals surface area contributed by atoms with Crippen molar-refractivity contribution in [3.8, 4) is 5.69 Å². The monoisotopic (exact) mass is 353 g/mol. The van der Waals surface area contributed by atoms with Gasteiger partial charge in [0.25, 0.3) is 10.0 Å². The van der Waals surface area contributed by atoms with Crippen LogP contribution in [0.2, 0.25) is 5.15 Å². The van der Waals surface area contributed by atoms with Crippen LogP contribution >= 0.6 is 11.6 Å². The molecule has 0 fully saturated rings. The fourth-order valence-corrected chi connectivity index (χ4v) is 2.93. The minimum Gasteiger partial charge on any atom is -0.279 e. The van der Waals surface area contributed by atoms with Crippen molar-refractivity contribution in [1.82, 2.24) is 19.7 Å². The average Bonchev–Trinajstić information content (AvgIpc) is 3.01. The maximum atomic E-state index is 14.1. The SMILES string of the molecule is O=S(=O)(Nc1ccc(-n2cncn2)c(F)c1)c1ccc(Cl)nc1. The van der Waals surface area contributed by atoms with Crippen molar-refractivity contribution < 1.29 is 12.8 Å². The van der Waals surface area contributed by atoms with E-state index in [-0.39, 0.29) is 21.4 Å². The molecule has 1 aromatic carbocycles. The lowest BCUT2D eigenvalue weighted by Gasteiger charge is -2.09. The summed E-state index contributed by atoms with van der Waals surface area (Å²) in [6, 6.07) is 6.52. The molecule has 1 N–H and O–H groups in total. The van der Waals surface area contributed by atoms with E-state index in [4.69, 9.17) is 11.6 Å². The third kappa shape index (κ3) is 3.30. The molecule has 10 heteroatoms. The Kier molecular flexibility index (Phi) is 3.97. The summed E-state index contributed by atoms with van der Waals surface area (Å²) in [6.45, 7) is 0. The van der Waals surface area contributed by atoms with E-state index in [1.807, 2.05) is 0 Å². The zero-order valence-corrected chi connectivity index (χ0v) is 13.0. The topological polar surface area (TPSA) is 89.8 Å². The van der Waals surface area contributed by atoms with Crippen LogP contribution in [-0.4, -0.2) is 28.2 Å². The molecule has 0 saturated carbocycles. The second-order valence-corrected chi connectivity index (χ2v) is 6.50. The Morgan fingerprint density at radius 1 is 1.22 bits per heavy atom. The number of sulfonamides is 1.